The molecule has 9 nitrogen and oxygen atoms in total. The zero-order valence-corrected chi connectivity index (χ0v) is 28.9. The highest BCUT2D eigenvalue weighted by molar-refractivity contribution is 5.88. The van der Waals surface area contributed by atoms with E-state index in [4.69, 9.17) is 14.3 Å². The summed E-state index contributed by atoms with van der Waals surface area (Å²) in [4.78, 5) is 43.0. The summed E-state index contributed by atoms with van der Waals surface area (Å²) in [6.07, 6.45) is 3.71. The number of aliphatic carboxylic acids is 1. The number of benzene rings is 4. The summed E-state index contributed by atoms with van der Waals surface area (Å²) < 4.78 is 11.3. The number of amides is 2. The van der Waals surface area contributed by atoms with E-state index in [0.29, 0.717) is 13.0 Å². The average Bonchev–Trinajstić information content (AvgIpc) is 3.08. The average molecular weight is 671 g/mol. The van der Waals surface area contributed by atoms with Gasteiger partial charge in [-0.15, -0.1) is 0 Å². The first kappa shape index (κ1) is 37.5. The number of carbonyl (C=O) groups excluding carboxylic acids is 2. The number of nitrogens with one attached hydrogen (secondary N) is 2. The molecule has 4 aromatic carbocycles. The van der Waals surface area contributed by atoms with Crippen molar-refractivity contribution in [3.63, 3.8) is 0 Å². The molecule has 0 aliphatic heterocycles. The van der Waals surface area contributed by atoms with Crippen LogP contribution in [0.15, 0.2) is 84.9 Å². The minimum absolute atomic E-state index is 0.175. The van der Waals surface area contributed by atoms with Crippen molar-refractivity contribution in [3.05, 3.63) is 96.1 Å². The lowest BCUT2D eigenvalue weighted by Crippen LogP contribution is -2.50. The highest BCUT2D eigenvalue weighted by Gasteiger charge is 2.36. The Morgan fingerprint density at radius 1 is 0.673 bits per heavy atom. The van der Waals surface area contributed by atoms with Crippen LogP contribution < -0.4 is 10.8 Å². The Bertz CT molecular complexity index is 1670. The van der Waals surface area contributed by atoms with Gasteiger partial charge in [-0.3, -0.25) is 14.4 Å². The number of carbonyl (C=O) groups is 3. The van der Waals surface area contributed by atoms with Crippen LogP contribution in [0, 0.1) is 0 Å². The lowest BCUT2D eigenvalue weighted by atomic mass is 10.0. The maximum Gasteiger partial charge on any atom is 0.336 e. The summed E-state index contributed by atoms with van der Waals surface area (Å²) in [7, 11) is 0. The fraction of sp³-hybridized carbons (Fsp3) is 0.425. The number of hydroxylamine groups is 1. The van der Waals surface area contributed by atoms with Crippen LogP contribution in [0.4, 0.5) is 0 Å². The Labute approximate surface area is 289 Å². The van der Waals surface area contributed by atoms with Crippen molar-refractivity contribution < 1.29 is 33.8 Å². The molecule has 2 atom stereocenters. The molecule has 4 aromatic rings. The van der Waals surface area contributed by atoms with Crippen molar-refractivity contribution in [2.24, 2.45) is 0 Å². The SMILES string of the molecule is CC(C)(C)ONC(=O)COC(C(=O)O)C(OCCCCCc1ccc2ccccc2c1)C(=O)NCCCCCc1ccc2ccccc2c1. The predicted molar refractivity (Wildman–Crippen MR) is 192 cm³/mol. The molecular formula is C40H50N2O7. The minimum atomic E-state index is -1.68. The van der Waals surface area contributed by atoms with Crippen LogP contribution in [0.5, 0.6) is 0 Å². The van der Waals surface area contributed by atoms with Crippen LogP contribution in [0.2, 0.25) is 0 Å². The van der Waals surface area contributed by atoms with Crippen LogP contribution in [-0.2, 0) is 41.5 Å². The van der Waals surface area contributed by atoms with Gasteiger partial charge >= 0.3 is 5.97 Å². The smallest absolute Gasteiger partial charge is 0.336 e. The number of fused-ring (bicyclic) bond motifs is 2. The van der Waals surface area contributed by atoms with E-state index in [1.165, 1.54) is 32.7 Å². The Morgan fingerprint density at radius 3 is 1.78 bits per heavy atom. The molecule has 0 saturated carbocycles. The van der Waals surface area contributed by atoms with Crippen LogP contribution in [0.3, 0.4) is 0 Å². The lowest BCUT2D eigenvalue weighted by Gasteiger charge is -2.24. The third kappa shape index (κ3) is 12.9. The van der Waals surface area contributed by atoms with Gasteiger partial charge in [0, 0.05) is 13.2 Å². The maximum atomic E-state index is 13.3. The third-order valence-electron chi connectivity index (χ3n) is 8.12. The first-order valence-electron chi connectivity index (χ1n) is 17.2. The van der Waals surface area contributed by atoms with Crippen molar-refractivity contribution in [1.82, 2.24) is 10.8 Å². The molecule has 4 rings (SSSR count). The normalized spacial score (nSPS) is 12.9. The summed E-state index contributed by atoms with van der Waals surface area (Å²) in [5.74, 6) is -2.64. The molecule has 0 aliphatic carbocycles. The molecule has 3 N–H and O–H groups in total. The number of carboxylic acid groups (broad SMARTS) is 1. The molecule has 0 fully saturated rings. The second-order valence-electron chi connectivity index (χ2n) is 13.4. The summed E-state index contributed by atoms with van der Waals surface area (Å²) >= 11 is 0. The molecule has 0 heterocycles. The zero-order valence-electron chi connectivity index (χ0n) is 28.9. The first-order chi connectivity index (χ1) is 23.6. The van der Waals surface area contributed by atoms with Crippen molar-refractivity contribution in [3.8, 4) is 0 Å². The molecule has 49 heavy (non-hydrogen) atoms. The van der Waals surface area contributed by atoms with E-state index in [0.717, 1.165) is 44.9 Å². The Morgan fingerprint density at radius 2 is 1.22 bits per heavy atom. The van der Waals surface area contributed by atoms with E-state index < -0.39 is 42.2 Å². The Balaban J connectivity index is 1.25. The fourth-order valence-corrected chi connectivity index (χ4v) is 5.54. The Hall–Kier alpha value is -4.31. The van der Waals surface area contributed by atoms with E-state index in [9.17, 15) is 19.5 Å². The van der Waals surface area contributed by atoms with Crippen LogP contribution in [0.1, 0.15) is 70.4 Å². The molecular weight excluding hydrogens is 620 g/mol. The molecule has 0 aromatic heterocycles. The van der Waals surface area contributed by atoms with Crippen molar-refractivity contribution in [2.75, 3.05) is 19.8 Å². The van der Waals surface area contributed by atoms with Crippen molar-refractivity contribution >= 4 is 39.3 Å². The van der Waals surface area contributed by atoms with Gasteiger partial charge in [-0.1, -0.05) is 97.8 Å². The molecule has 0 radical (unpaired) electrons. The largest absolute Gasteiger partial charge is 0.479 e. The summed E-state index contributed by atoms with van der Waals surface area (Å²) in [5.41, 5.74) is 4.13. The highest BCUT2D eigenvalue weighted by atomic mass is 16.7. The summed E-state index contributed by atoms with van der Waals surface area (Å²) in [6.45, 7) is 5.21. The van der Waals surface area contributed by atoms with E-state index in [2.05, 4.69) is 71.5 Å². The topological polar surface area (TPSA) is 123 Å². The van der Waals surface area contributed by atoms with Crippen LogP contribution in [0.25, 0.3) is 21.5 Å². The molecule has 262 valence electrons. The van der Waals surface area contributed by atoms with E-state index in [1.807, 2.05) is 24.3 Å². The van der Waals surface area contributed by atoms with Crippen molar-refractivity contribution in [1.29, 1.82) is 0 Å². The number of hydrogen-bond acceptors (Lipinski definition) is 6. The number of hydrogen-bond donors (Lipinski definition) is 3. The van der Waals surface area contributed by atoms with E-state index in [1.54, 1.807) is 20.8 Å². The highest BCUT2D eigenvalue weighted by Crippen LogP contribution is 2.19. The quantitative estimate of drug-likeness (QED) is 0.0688. The predicted octanol–water partition coefficient (Wildman–Crippen LogP) is 6.94. The number of unbranched alkanes of at least 4 members (excludes halogenated alkanes) is 4. The van der Waals surface area contributed by atoms with Crippen LogP contribution >= 0.6 is 0 Å². The Kier molecular flexibility index (Phi) is 14.6. The van der Waals surface area contributed by atoms with Gasteiger partial charge in [-0.25, -0.2) is 10.3 Å². The molecule has 2 amide bonds. The number of aryl methyl sites for hydroxylation is 2. The minimum Gasteiger partial charge on any atom is -0.479 e. The third-order valence-corrected chi connectivity index (χ3v) is 8.12. The molecule has 2 unspecified atom stereocenters. The monoisotopic (exact) mass is 670 g/mol. The molecule has 0 bridgehead atoms. The van der Waals surface area contributed by atoms with Gasteiger partial charge in [0.1, 0.15) is 6.61 Å². The zero-order chi connectivity index (χ0) is 35.1. The van der Waals surface area contributed by atoms with E-state index >= 15 is 0 Å². The second kappa shape index (κ2) is 19.0. The molecule has 0 saturated heterocycles. The van der Waals surface area contributed by atoms with Crippen molar-refractivity contribution in [2.45, 2.75) is 89.9 Å². The molecule has 0 spiro atoms. The van der Waals surface area contributed by atoms with E-state index in [-0.39, 0.29) is 6.61 Å². The van der Waals surface area contributed by atoms with Gasteiger partial charge in [0.25, 0.3) is 11.8 Å². The summed E-state index contributed by atoms with van der Waals surface area (Å²) in [5, 5.41) is 17.7. The van der Waals surface area contributed by atoms with Gasteiger partial charge in [0.2, 0.25) is 0 Å². The van der Waals surface area contributed by atoms with Gasteiger partial charge < -0.3 is 19.9 Å². The first-order valence-corrected chi connectivity index (χ1v) is 17.2. The summed E-state index contributed by atoms with van der Waals surface area (Å²) in [6, 6.07) is 29.5. The maximum absolute atomic E-state index is 13.3. The standard InChI is InChI=1S/C40H50N2O7/c1-40(2,3)49-42-35(43)28-48-37(39(45)46)36(47-25-13-5-7-15-30-21-23-32-17-9-11-19-34(32)27-30)38(44)41-24-12-4-6-14-29-20-22-31-16-8-10-18-33(31)26-29/h8-11,16-23,26-27,36-37H,4-7,12-15,24-25,28H2,1-3H3,(H,41,44)(H,42,43)(H,45,46). The fourth-order valence-electron chi connectivity index (χ4n) is 5.54. The number of ether oxygens (including phenoxy) is 2. The van der Waals surface area contributed by atoms with Gasteiger partial charge in [0.15, 0.2) is 12.2 Å². The lowest BCUT2D eigenvalue weighted by molar-refractivity contribution is -0.173. The molecule has 0 aliphatic rings. The van der Waals surface area contributed by atoms with Gasteiger partial charge in [-0.2, -0.15) is 0 Å². The second-order valence-corrected chi connectivity index (χ2v) is 13.4. The van der Waals surface area contributed by atoms with Gasteiger partial charge in [0.05, 0.1) is 5.60 Å². The molecule has 9 heteroatoms. The number of carboxylic acids is 1. The number of rotatable bonds is 20. The van der Waals surface area contributed by atoms with Gasteiger partial charge in [-0.05, 0) is 92.0 Å². The van der Waals surface area contributed by atoms with Crippen LogP contribution in [-0.4, -0.2) is 60.5 Å².